The second kappa shape index (κ2) is 5.14. The highest BCUT2D eigenvalue weighted by Gasteiger charge is 2.22. The van der Waals surface area contributed by atoms with Crippen molar-refractivity contribution >= 4 is 27.9 Å². The molecule has 4 heteroatoms. The van der Waals surface area contributed by atoms with E-state index in [-0.39, 0.29) is 6.61 Å². The third kappa shape index (κ3) is 2.46. The summed E-state index contributed by atoms with van der Waals surface area (Å²) in [7, 11) is 0. The number of ether oxygens (including phenoxy) is 1. The Labute approximate surface area is 128 Å². The lowest BCUT2D eigenvalue weighted by Gasteiger charge is -2.20. The van der Waals surface area contributed by atoms with E-state index in [2.05, 4.69) is 0 Å². The number of hydrogen-bond donors (Lipinski definition) is 1. The van der Waals surface area contributed by atoms with Gasteiger partial charge in [0, 0.05) is 10.8 Å². The molecule has 0 spiro atoms. The van der Waals surface area contributed by atoms with Crippen LogP contribution in [0, 0.1) is 0 Å². The molecule has 4 nitrogen and oxygen atoms in total. The average molecular weight is 297 g/mol. The number of hydrogen-bond acceptors (Lipinski definition) is 3. The number of carbonyl (C=O) groups is 1. The van der Waals surface area contributed by atoms with Crippen molar-refractivity contribution in [3.05, 3.63) is 48.0 Å². The Morgan fingerprint density at radius 2 is 1.77 bits per heavy atom. The molecular weight excluding hydrogens is 278 g/mol. The summed E-state index contributed by atoms with van der Waals surface area (Å²) in [4.78, 5) is 12.6. The van der Waals surface area contributed by atoms with Crippen LogP contribution in [-0.4, -0.2) is 21.4 Å². The second-order valence-electron chi connectivity index (χ2n) is 6.34. The van der Waals surface area contributed by atoms with Gasteiger partial charge in [-0.05, 0) is 44.5 Å². The third-order valence-corrected chi connectivity index (χ3v) is 3.50. The fourth-order valence-corrected chi connectivity index (χ4v) is 2.62. The minimum absolute atomic E-state index is 0.0259. The van der Waals surface area contributed by atoms with Crippen molar-refractivity contribution in [1.29, 1.82) is 0 Å². The van der Waals surface area contributed by atoms with Gasteiger partial charge in [-0.15, -0.1) is 0 Å². The Morgan fingerprint density at radius 1 is 1.09 bits per heavy atom. The number of aliphatic hydroxyl groups is 1. The van der Waals surface area contributed by atoms with Crippen LogP contribution < -0.4 is 0 Å². The first-order valence-electron chi connectivity index (χ1n) is 7.27. The molecule has 1 heterocycles. The van der Waals surface area contributed by atoms with Crippen LogP contribution >= 0.6 is 0 Å². The van der Waals surface area contributed by atoms with Crippen LogP contribution in [0.2, 0.25) is 0 Å². The van der Waals surface area contributed by atoms with Gasteiger partial charge in [0.05, 0.1) is 17.6 Å². The van der Waals surface area contributed by atoms with Gasteiger partial charge < -0.3 is 9.84 Å². The molecule has 3 aromatic rings. The van der Waals surface area contributed by atoms with Crippen LogP contribution in [0.3, 0.4) is 0 Å². The van der Waals surface area contributed by atoms with E-state index >= 15 is 0 Å². The van der Waals surface area contributed by atoms with E-state index in [4.69, 9.17) is 4.74 Å². The molecule has 0 aliphatic rings. The zero-order valence-corrected chi connectivity index (χ0v) is 13.0. The molecule has 0 atom stereocenters. The minimum atomic E-state index is -0.556. The zero-order valence-electron chi connectivity index (χ0n) is 13.0. The summed E-state index contributed by atoms with van der Waals surface area (Å²) in [6.07, 6.45) is -0.393. The molecule has 3 rings (SSSR count). The number of fused-ring (bicyclic) bond motifs is 3. The molecule has 0 aliphatic heterocycles. The summed E-state index contributed by atoms with van der Waals surface area (Å²) in [5.41, 5.74) is 1.86. The van der Waals surface area contributed by atoms with Gasteiger partial charge in [0.2, 0.25) is 0 Å². The zero-order chi connectivity index (χ0) is 15.9. The molecule has 0 saturated carbocycles. The Kier molecular flexibility index (Phi) is 3.41. The van der Waals surface area contributed by atoms with Crippen LogP contribution in [-0.2, 0) is 11.3 Å². The van der Waals surface area contributed by atoms with Crippen molar-refractivity contribution in [3.8, 4) is 0 Å². The van der Waals surface area contributed by atoms with Crippen molar-refractivity contribution in [2.24, 2.45) is 0 Å². The molecule has 0 aliphatic carbocycles. The SMILES string of the molecule is CC(C)(C)OC(=O)n1c2ccccc2c2cc(CO)ccc21. The summed E-state index contributed by atoms with van der Waals surface area (Å²) >= 11 is 0. The van der Waals surface area contributed by atoms with Crippen molar-refractivity contribution < 1.29 is 14.6 Å². The number of para-hydroxylation sites is 1. The largest absolute Gasteiger partial charge is 0.443 e. The molecule has 0 fully saturated rings. The molecule has 0 bridgehead atoms. The average Bonchev–Trinajstić information content (AvgIpc) is 2.79. The van der Waals surface area contributed by atoms with Gasteiger partial charge in [0.1, 0.15) is 5.60 Å². The maximum Gasteiger partial charge on any atom is 0.419 e. The van der Waals surface area contributed by atoms with Gasteiger partial charge in [-0.25, -0.2) is 9.36 Å². The van der Waals surface area contributed by atoms with Gasteiger partial charge in [-0.3, -0.25) is 0 Å². The number of aliphatic hydroxyl groups excluding tert-OH is 1. The summed E-state index contributed by atoms with van der Waals surface area (Å²) in [6.45, 7) is 5.52. The van der Waals surface area contributed by atoms with Crippen molar-refractivity contribution in [1.82, 2.24) is 4.57 Å². The molecule has 0 unspecified atom stereocenters. The highest BCUT2D eigenvalue weighted by molar-refractivity contribution is 6.12. The van der Waals surface area contributed by atoms with Gasteiger partial charge in [0.25, 0.3) is 0 Å². The summed E-state index contributed by atoms with van der Waals surface area (Å²) in [5.74, 6) is 0. The standard InChI is InChI=1S/C18H19NO3/c1-18(2,3)22-17(21)19-15-7-5-4-6-13(15)14-10-12(11-20)8-9-16(14)19/h4-10,20H,11H2,1-3H3. The second-order valence-corrected chi connectivity index (χ2v) is 6.34. The number of aromatic nitrogens is 1. The minimum Gasteiger partial charge on any atom is -0.443 e. The Bertz CT molecular complexity index is 856. The van der Waals surface area contributed by atoms with Crippen molar-refractivity contribution in [3.63, 3.8) is 0 Å². The molecule has 22 heavy (non-hydrogen) atoms. The van der Waals surface area contributed by atoms with E-state index in [0.717, 1.165) is 27.4 Å². The Hall–Kier alpha value is -2.33. The quantitative estimate of drug-likeness (QED) is 0.736. The fourth-order valence-electron chi connectivity index (χ4n) is 2.62. The lowest BCUT2D eigenvalue weighted by atomic mass is 10.1. The van der Waals surface area contributed by atoms with Crippen molar-refractivity contribution in [2.75, 3.05) is 0 Å². The maximum atomic E-state index is 12.6. The third-order valence-electron chi connectivity index (χ3n) is 3.50. The molecule has 2 aromatic carbocycles. The lowest BCUT2D eigenvalue weighted by molar-refractivity contribution is 0.0551. The van der Waals surface area contributed by atoms with Crippen LogP contribution in [0.25, 0.3) is 21.8 Å². The molecule has 1 aromatic heterocycles. The number of carbonyl (C=O) groups excluding carboxylic acids is 1. The fraction of sp³-hybridized carbons (Fsp3) is 0.278. The highest BCUT2D eigenvalue weighted by Crippen LogP contribution is 2.30. The molecule has 0 radical (unpaired) electrons. The smallest absolute Gasteiger partial charge is 0.419 e. The maximum absolute atomic E-state index is 12.6. The molecule has 0 saturated heterocycles. The van der Waals surface area contributed by atoms with Gasteiger partial charge in [0.15, 0.2) is 0 Å². The normalized spacial score (nSPS) is 12.0. The number of benzene rings is 2. The van der Waals surface area contributed by atoms with Crippen LogP contribution in [0.15, 0.2) is 42.5 Å². The van der Waals surface area contributed by atoms with E-state index in [1.165, 1.54) is 0 Å². The van der Waals surface area contributed by atoms with Gasteiger partial charge >= 0.3 is 6.09 Å². The van der Waals surface area contributed by atoms with E-state index < -0.39 is 11.7 Å². The van der Waals surface area contributed by atoms with Crippen LogP contribution in [0.5, 0.6) is 0 Å². The first-order valence-corrected chi connectivity index (χ1v) is 7.27. The van der Waals surface area contributed by atoms with Crippen molar-refractivity contribution in [2.45, 2.75) is 33.0 Å². The summed E-state index contributed by atoms with van der Waals surface area (Å²) in [5, 5.41) is 11.2. The first kappa shape index (κ1) is 14.6. The molecular formula is C18H19NO3. The Morgan fingerprint density at radius 3 is 2.45 bits per heavy atom. The number of rotatable bonds is 1. The summed E-state index contributed by atoms with van der Waals surface area (Å²) < 4.78 is 7.12. The first-order chi connectivity index (χ1) is 10.4. The van der Waals surface area contributed by atoms with E-state index in [1.807, 2.05) is 63.2 Å². The number of nitrogens with zero attached hydrogens (tertiary/aromatic N) is 1. The monoisotopic (exact) mass is 297 g/mol. The summed E-state index contributed by atoms with van der Waals surface area (Å²) in [6, 6.07) is 13.3. The predicted molar refractivity (Wildman–Crippen MR) is 87.0 cm³/mol. The van der Waals surface area contributed by atoms with E-state index in [1.54, 1.807) is 4.57 Å². The molecule has 1 N–H and O–H groups in total. The topological polar surface area (TPSA) is 51.5 Å². The van der Waals surface area contributed by atoms with E-state index in [0.29, 0.717) is 0 Å². The lowest BCUT2D eigenvalue weighted by Crippen LogP contribution is -2.27. The molecule has 0 amide bonds. The Balaban J connectivity index is 2.29. The van der Waals surface area contributed by atoms with Gasteiger partial charge in [-0.1, -0.05) is 24.3 Å². The highest BCUT2D eigenvalue weighted by atomic mass is 16.6. The van der Waals surface area contributed by atoms with E-state index in [9.17, 15) is 9.90 Å². The van der Waals surface area contributed by atoms with Crippen LogP contribution in [0.1, 0.15) is 26.3 Å². The van der Waals surface area contributed by atoms with Gasteiger partial charge in [-0.2, -0.15) is 0 Å². The van der Waals surface area contributed by atoms with Crippen LogP contribution in [0.4, 0.5) is 4.79 Å². The molecule has 114 valence electrons. The predicted octanol–water partition coefficient (Wildman–Crippen LogP) is 4.07.